The topological polar surface area (TPSA) is 63.7 Å². The van der Waals surface area contributed by atoms with Gasteiger partial charge in [0.05, 0.1) is 43.7 Å². The predicted octanol–water partition coefficient (Wildman–Crippen LogP) is 18.8. The fraction of sp³-hybridized carbons (Fsp3) is 0.0390. The quantitative estimate of drug-likeness (QED) is 0.161. The summed E-state index contributed by atoms with van der Waals surface area (Å²) in [5, 5.41) is 2.41. The molecule has 1 aliphatic carbocycles. The summed E-state index contributed by atoms with van der Waals surface area (Å²) in [5.41, 5.74) is 17.8. The zero-order chi connectivity index (χ0) is 55.9. The Morgan fingerprint density at radius 2 is 0.651 bits per heavy atom. The fourth-order valence-corrected chi connectivity index (χ4v) is 13.3. The third-order valence-electron chi connectivity index (χ3n) is 16.5. The fourth-order valence-electron chi connectivity index (χ4n) is 13.0. The molecular formula is C77H52BrNO4. The molecule has 83 heavy (non-hydrogen) atoms. The highest BCUT2D eigenvalue weighted by Gasteiger charge is 2.47. The molecule has 396 valence electrons. The second-order valence-corrected chi connectivity index (χ2v) is 21.9. The molecule has 0 atom stereocenters. The van der Waals surface area contributed by atoms with E-state index in [1.54, 1.807) is 18.2 Å². The van der Waals surface area contributed by atoms with Crippen LogP contribution in [0.1, 0.15) is 55.6 Å². The van der Waals surface area contributed by atoms with Gasteiger partial charge in [-0.1, -0.05) is 246 Å². The number of hydrogen-bond acceptors (Lipinski definition) is 5. The summed E-state index contributed by atoms with van der Waals surface area (Å²) in [5.74, 6) is 0. The largest absolute Gasteiger partial charge is 0.456 e. The molecule has 0 fully saturated rings. The zero-order valence-electron chi connectivity index (χ0n) is 45.0. The van der Waals surface area contributed by atoms with E-state index in [9.17, 15) is 9.59 Å². The van der Waals surface area contributed by atoms with Gasteiger partial charge in [-0.25, -0.2) is 0 Å². The van der Waals surface area contributed by atoms with Crippen LogP contribution in [0.2, 0.25) is 0 Å². The van der Waals surface area contributed by atoms with Crippen LogP contribution < -0.4 is 15.8 Å². The SMILES string of the molecule is O=c1c2ccccc2oc2cc(Br)ccc12.O=c1c2ccccc2oc2cc(N3c4ccccc4C(c4ccccc4)(c4ccccc4)c4ccccc43)ccc12.c1ccc(C2(c3ccccc3)c3ccccc3Cc3ccccc32)cc1. The summed E-state index contributed by atoms with van der Waals surface area (Å²) >= 11 is 3.36. The molecule has 5 nitrogen and oxygen atoms in total. The van der Waals surface area contributed by atoms with Crippen LogP contribution in [-0.2, 0) is 17.3 Å². The van der Waals surface area contributed by atoms with Gasteiger partial charge in [0, 0.05) is 16.2 Å². The summed E-state index contributed by atoms with van der Waals surface area (Å²) in [7, 11) is 0. The molecule has 12 aromatic carbocycles. The van der Waals surface area contributed by atoms with E-state index >= 15 is 0 Å². The third kappa shape index (κ3) is 8.61. The van der Waals surface area contributed by atoms with Crippen LogP contribution >= 0.6 is 15.9 Å². The van der Waals surface area contributed by atoms with E-state index < -0.39 is 5.41 Å². The number of rotatable bonds is 5. The van der Waals surface area contributed by atoms with Crippen molar-refractivity contribution < 1.29 is 8.83 Å². The molecule has 0 saturated carbocycles. The van der Waals surface area contributed by atoms with Crippen molar-refractivity contribution in [2.45, 2.75) is 17.3 Å². The number of hydrogen-bond donors (Lipinski definition) is 0. The number of halogens is 1. The van der Waals surface area contributed by atoms with E-state index in [0.29, 0.717) is 43.9 Å². The summed E-state index contributed by atoms with van der Waals surface area (Å²) in [4.78, 5) is 27.7. The summed E-state index contributed by atoms with van der Waals surface area (Å²) in [6, 6.07) is 105. The van der Waals surface area contributed by atoms with Crippen LogP contribution in [0.15, 0.2) is 326 Å². The average molecular weight is 1140 g/mol. The van der Waals surface area contributed by atoms with Crippen molar-refractivity contribution in [2.75, 3.05) is 4.90 Å². The Morgan fingerprint density at radius 1 is 0.313 bits per heavy atom. The Bertz CT molecular complexity index is 4670. The van der Waals surface area contributed by atoms with Gasteiger partial charge in [-0.05, 0) is 129 Å². The van der Waals surface area contributed by atoms with Crippen molar-refractivity contribution in [1.82, 2.24) is 0 Å². The standard InChI is InChI=1S/C38H25NO2.C26H20.C13H7BrO2/c40-37-29-17-7-12-22-35(29)41-36-25-28(23-24-30(36)37)39-33-20-10-8-18-31(33)38(26-13-3-1-4-14-26,27-15-5-2-6-16-27)32-19-9-11-21-34(32)39;1-3-13-22(14-4-1)26(23-15-5-2-6-16-23)24-17-9-7-11-20(24)19-21-12-8-10-18-25(21)26;14-8-5-6-10-12(7-8)16-11-4-2-1-3-9(11)13(10)15/h1-25H;1-18H,19H2;1-7H. The Balaban J connectivity index is 0.000000124. The Kier molecular flexibility index (Phi) is 13.2. The van der Waals surface area contributed by atoms with Gasteiger partial charge >= 0.3 is 0 Å². The normalized spacial score (nSPS) is 13.3. The molecule has 0 saturated heterocycles. The lowest BCUT2D eigenvalue weighted by Crippen LogP contribution is -2.37. The van der Waals surface area contributed by atoms with Crippen molar-refractivity contribution in [3.05, 3.63) is 384 Å². The van der Waals surface area contributed by atoms with E-state index in [0.717, 1.165) is 28.0 Å². The molecule has 0 N–H and O–H groups in total. The van der Waals surface area contributed by atoms with Gasteiger partial charge in [-0.3, -0.25) is 9.59 Å². The molecule has 0 unspecified atom stereocenters. The lowest BCUT2D eigenvalue weighted by molar-refractivity contribution is 0.659. The maximum Gasteiger partial charge on any atom is 0.200 e. The minimum atomic E-state index is -0.522. The van der Waals surface area contributed by atoms with Crippen LogP contribution in [0.5, 0.6) is 0 Å². The smallest absolute Gasteiger partial charge is 0.200 e. The summed E-state index contributed by atoms with van der Waals surface area (Å²) in [6.07, 6.45) is 0.994. The Hall–Kier alpha value is -10.1. The van der Waals surface area contributed by atoms with Gasteiger partial charge in [0.2, 0.25) is 10.9 Å². The van der Waals surface area contributed by atoms with E-state index in [4.69, 9.17) is 8.83 Å². The van der Waals surface area contributed by atoms with Crippen LogP contribution in [0.25, 0.3) is 43.9 Å². The molecule has 6 heteroatoms. The minimum absolute atomic E-state index is 0.0139. The van der Waals surface area contributed by atoms with Crippen molar-refractivity contribution in [3.63, 3.8) is 0 Å². The number of para-hydroxylation sites is 4. The van der Waals surface area contributed by atoms with Gasteiger partial charge in [0.15, 0.2) is 0 Å². The first-order valence-corrected chi connectivity index (χ1v) is 28.7. The molecule has 0 amide bonds. The molecule has 3 heterocycles. The predicted molar refractivity (Wildman–Crippen MR) is 342 cm³/mol. The highest BCUT2D eigenvalue weighted by atomic mass is 79.9. The third-order valence-corrected chi connectivity index (χ3v) is 17.0. The second kappa shape index (κ2) is 21.4. The zero-order valence-corrected chi connectivity index (χ0v) is 46.6. The second-order valence-electron chi connectivity index (χ2n) is 21.0. The highest BCUT2D eigenvalue weighted by Crippen LogP contribution is 2.58. The molecule has 0 bridgehead atoms. The van der Waals surface area contributed by atoms with Gasteiger partial charge < -0.3 is 13.7 Å². The first kappa shape index (κ1) is 51.0. The molecule has 0 radical (unpaired) electrons. The van der Waals surface area contributed by atoms with Crippen LogP contribution in [0.4, 0.5) is 17.1 Å². The van der Waals surface area contributed by atoms with Gasteiger partial charge in [0.1, 0.15) is 22.3 Å². The van der Waals surface area contributed by atoms with E-state index in [-0.39, 0.29) is 16.3 Å². The van der Waals surface area contributed by atoms with Gasteiger partial charge in [-0.15, -0.1) is 0 Å². The Labute approximate surface area is 488 Å². The molecule has 14 aromatic rings. The Morgan fingerprint density at radius 3 is 1.11 bits per heavy atom. The number of fused-ring (bicyclic) bond motifs is 8. The van der Waals surface area contributed by atoms with Crippen molar-refractivity contribution >= 4 is 76.9 Å². The summed E-state index contributed by atoms with van der Waals surface area (Å²) in [6.45, 7) is 0. The first-order chi connectivity index (χ1) is 40.9. The van der Waals surface area contributed by atoms with Gasteiger partial charge in [0.25, 0.3) is 0 Å². The van der Waals surface area contributed by atoms with E-state index in [1.165, 1.54) is 55.6 Å². The number of anilines is 3. The summed E-state index contributed by atoms with van der Waals surface area (Å²) < 4.78 is 12.9. The molecule has 0 spiro atoms. The maximum absolute atomic E-state index is 13.3. The van der Waals surface area contributed by atoms with Crippen molar-refractivity contribution in [3.8, 4) is 0 Å². The lowest BCUT2D eigenvalue weighted by atomic mass is 9.60. The van der Waals surface area contributed by atoms with E-state index in [2.05, 4.69) is 239 Å². The molecule has 16 rings (SSSR count). The highest BCUT2D eigenvalue weighted by molar-refractivity contribution is 9.10. The first-order valence-electron chi connectivity index (χ1n) is 27.9. The number of nitrogens with zero attached hydrogens (tertiary/aromatic N) is 1. The maximum atomic E-state index is 13.3. The van der Waals surface area contributed by atoms with Gasteiger partial charge in [-0.2, -0.15) is 0 Å². The minimum Gasteiger partial charge on any atom is -0.456 e. The van der Waals surface area contributed by atoms with Crippen LogP contribution in [0, 0.1) is 0 Å². The monoisotopic (exact) mass is 1130 g/mol. The lowest BCUT2D eigenvalue weighted by Gasteiger charge is -2.46. The molecule has 1 aliphatic heterocycles. The molecule has 2 aliphatic rings. The van der Waals surface area contributed by atoms with Crippen LogP contribution in [0.3, 0.4) is 0 Å². The van der Waals surface area contributed by atoms with E-state index in [1.807, 2.05) is 66.7 Å². The molecule has 2 aromatic heterocycles. The molecular weight excluding hydrogens is 1080 g/mol. The van der Waals surface area contributed by atoms with Crippen molar-refractivity contribution in [1.29, 1.82) is 0 Å². The van der Waals surface area contributed by atoms with Crippen LogP contribution in [-0.4, -0.2) is 0 Å². The number of benzene rings is 12. The average Bonchev–Trinajstić information content (AvgIpc) is 2.76. The van der Waals surface area contributed by atoms with Crippen molar-refractivity contribution in [2.24, 2.45) is 0 Å².